The maximum atomic E-state index is 4.68. The molecule has 0 saturated heterocycles. The van der Waals surface area contributed by atoms with Crippen molar-refractivity contribution in [2.45, 2.75) is 27.2 Å². The summed E-state index contributed by atoms with van der Waals surface area (Å²) in [6, 6.07) is 4.58. The van der Waals surface area contributed by atoms with Crippen LogP contribution >= 0.6 is 11.3 Å². The lowest BCUT2D eigenvalue weighted by Gasteiger charge is -2.04. The first-order valence-corrected chi connectivity index (χ1v) is 6.03. The van der Waals surface area contributed by atoms with Gasteiger partial charge in [-0.05, 0) is 44.0 Å². The van der Waals surface area contributed by atoms with E-state index in [9.17, 15) is 0 Å². The van der Waals surface area contributed by atoms with E-state index in [1.54, 1.807) is 0 Å². The van der Waals surface area contributed by atoms with Crippen LogP contribution in [0.3, 0.4) is 0 Å². The lowest BCUT2D eigenvalue weighted by atomic mass is 10.1. The highest BCUT2D eigenvalue weighted by Gasteiger charge is 2.22. The fraction of sp³-hybridized carbons (Fsp3) is 0.308. The number of thiophene rings is 1. The maximum absolute atomic E-state index is 4.68. The van der Waals surface area contributed by atoms with Crippen LogP contribution in [-0.2, 0) is 6.42 Å². The van der Waals surface area contributed by atoms with E-state index in [0.29, 0.717) is 0 Å². The Hall–Kier alpha value is -1.15. The first kappa shape index (κ1) is 9.10. The molecule has 15 heavy (non-hydrogen) atoms. The van der Waals surface area contributed by atoms with Gasteiger partial charge in [0.05, 0.1) is 5.69 Å². The van der Waals surface area contributed by atoms with Gasteiger partial charge in [0.2, 0.25) is 0 Å². The van der Waals surface area contributed by atoms with E-state index in [4.69, 9.17) is 0 Å². The van der Waals surface area contributed by atoms with Crippen molar-refractivity contribution in [1.82, 2.24) is 4.98 Å². The van der Waals surface area contributed by atoms with E-state index < -0.39 is 0 Å². The monoisotopic (exact) mass is 215 g/mol. The van der Waals surface area contributed by atoms with Crippen molar-refractivity contribution in [3.05, 3.63) is 38.8 Å². The molecule has 2 aromatic heterocycles. The molecule has 0 N–H and O–H groups in total. The Labute approximate surface area is 93.8 Å². The van der Waals surface area contributed by atoms with Gasteiger partial charge in [-0.2, -0.15) is 0 Å². The second-order valence-electron chi connectivity index (χ2n) is 4.26. The summed E-state index contributed by atoms with van der Waals surface area (Å²) in [6.45, 7) is 6.41. The van der Waals surface area contributed by atoms with E-state index in [2.05, 4.69) is 37.9 Å². The topological polar surface area (TPSA) is 12.9 Å². The molecule has 1 aliphatic rings. The summed E-state index contributed by atoms with van der Waals surface area (Å²) in [5.74, 6) is 0. The number of rotatable bonds is 0. The number of aryl methyl sites for hydroxylation is 3. The standard InChI is InChI=1S/C13H13NS/c1-7-4-10-11-5-8(2)15-13(11)6-12(10)14-9(7)3/h4-5H,6H2,1-3H3. The van der Waals surface area contributed by atoms with E-state index in [1.807, 2.05) is 11.3 Å². The third-order valence-corrected chi connectivity index (χ3v) is 4.15. The second kappa shape index (κ2) is 2.92. The minimum absolute atomic E-state index is 1.03. The molecule has 0 bridgehead atoms. The second-order valence-corrected chi connectivity index (χ2v) is 5.60. The summed E-state index contributed by atoms with van der Waals surface area (Å²) < 4.78 is 0. The highest BCUT2D eigenvalue weighted by atomic mass is 32.1. The Kier molecular flexibility index (Phi) is 1.77. The molecule has 0 aliphatic heterocycles. The summed E-state index contributed by atoms with van der Waals surface area (Å²) >= 11 is 1.91. The van der Waals surface area contributed by atoms with Gasteiger partial charge in [-0.3, -0.25) is 4.98 Å². The number of pyridine rings is 1. The summed E-state index contributed by atoms with van der Waals surface area (Å²) in [5, 5.41) is 0. The number of fused-ring (bicyclic) bond motifs is 3. The minimum Gasteiger partial charge on any atom is -0.257 e. The van der Waals surface area contributed by atoms with Crippen molar-refractivity contribution in [3.8, 4) is 11.1 Å². The van der Waals surface area contributed by atoms with Gasteiger partial charge in [-0.25, -0.2) is 0 Å². The fourth-order valence-electron chi connectivity index (χ4n) is 2.20. The lowest BCUT2D eigenvalue weighted by Crippen LogP contribution is -1.93. The van der Waals surface area contributed by atoms with Gasteiger partial charge in [0, 0.05) is 27.4 Å². The number of nitrogens with zero attached hydrogens (tertiary/aromatic N) is 1. The molecule has 0 atom stereocenters. The van der Waals surface area contributed by atoms with Crippen molar-refractivity contribution in [3.63, 3.8) is 0 Å². The van der Waals surface area contributed by atoms with Crippen LogP contribution in [0.1, 0.15) is 26.7 Å². The summed E-state index contributed by atoms with van der Waals surface area (Å²) in [7, 11) is 0. The molecule has 2 heterocycles. The van der Waals surface area contributed by atoms with Gasteiger partial charge in [-0.1, -0.05) is 0 Å². The minimum atomic E-state index is 1.03. The van der Waals surface area contributed by atoms with Crippen LogP contribution in [0.2, 0.25) is 0 Å². The number of hydrogen-bond acceptors (Lipinski definition) is 2. The van der Waals surface area contributed by atoms with Crippen LogP contribution in [0.4, 0.5) is 0 Å². The Bertz CT molecular complexity index is 552. The summed E-state index contributed by atoms with van der Waals surface area (Å²) in [5.41, 5.74) is 6.51. The Morgan fingerprint density at radius 1 is 1.13 bits per heavy atom. The van der Waals surface area contributed by atoms with Crippen LogP contribution < -0.4 is 0 Å². The largest absolute Gasteiger partial charge is 0.257 e. The van der Waals surface area contributed by atoms with Gasteiger partial charge in [0.1, 0.15) is 0 Å². The summed E-state index contributed by atoms with van der Waals surface area (Å²) in [6.07, 6.45) is 1.03. The molecule has 1 nitrogen and oxygen atoms in total. The summed E-state index contributed by atoms with van der Waals surface area (Å²) in [4.78, 5) is 7.57. The van der Waals surface area contributed by atoms with E-state index in [-0.39, 0.29) is 0 Å². The first-order chi connectivity index (χ1) is 7.15. The normalized spacial score (nSPS) is 12.7. The Morgan fingerprint density at radius 2 is 1.93 bits per heavy atom. The maximum Gasteiger partial charge on any atom is 0.0537 e. The zero-order chi connectivity index (χ0) is 10.6. The van der Waals surface area contributed by atoms with Crippen molar-refractivity contribution in [1.29, 1.82) is 0 Å². The smallest absolute Gasteiger partial charge is 0.0537 e. The van der Waals surface area contributed by atoms with Crippen molar-refractivity contribution in [2.75, 3.05) is 0 Å². The molecule has 0 saturated carbocycles. The highest BCUT2D eigenvalue weighted by molar-refractivity contribution is 7.12. The molecule has 0 spiro atoms. The zero-order valence-electron chi connectivity index (χ0n) is 9.22. The van der Waals surface area contributed by atoms with Gasteiger partial charge in [0.25, 0.3) is 0 Å². The number of hydrogen-bond donors (Lipinski definition) is 0. The molecule has 0 aromatic carbocycles. The average Bonchev–Trinajstić information content (AvgIpc) is 2.64. The molecule has 2 heteroatoms. The lowest BCUT2D eigenvalue weighted by molar-refractivity contribution is 1.06. The van der Waals surface area contributed by atoms with Gasteiger partial charge < -0.3 is 0 Å². The molecular weight excluding hydrogens is 202 g/mol. The quantitative estimate of drug-likeness (QED) is 0.558. The predicted molar refractivity (Wildman–Crippen MR) is 64.6 cm³/mol. The molecule has 76 valence electrons. The number of aromatic nitrogens is 1. The van der Waals surface area contributed by atoms with Gasteiger partial charge >= 0.3 is 0 Å². The van der Waals surface area contributed by atoms with Gasteiger partial charge in [0.15, 0.2) is 0 Å². The van der Waals surface area contributed by atoms with Crippen LogP contribution in [0.5, 0.6) is 0 Å². The molecular formula is C13H13NS. The van der Waals surface area contributed by atoms with E-state index in [1.165, 1.54) is 37.8 Å². The molecule has 0 radical (unpaired) electrons. The predicted octanol–water partition coefficient (Wildman–Crippen LogP) is 3.64. The molecule has 3 rings (SSSR count). The molecule has 0 amide bonds. The van der Waals surface area contributed by atoms with Crippen LogP contribution in [0.25, 0.3) is 11.1 Å². The fourth-order valence-corrected chi connectivity index (χ4v) is 3.25. The van der Waals surface area contributed by atoms with E-state index in [0.717, 1.165) is 6.42 Å². The first-order valence-electron chi connectivity index (χ1n) is 5.22. The molecule has 1 aliphatic carbocycles. The Morgan fingerprint density at radius 3 is 2.73 bits per heavy atom. The SMILES string of the molecule is Cc1cc2c(s1)Cc1nc(C)c(C)cc1-2. The molecule has 0 unspecified atom stereocenters. The van der Waals surface area contributed by atoms with Crippen LogP contribution in [0.15, 0.2) is 12.1 Å². The molecule has 2 aromatic rings. The van der Waals surface area contributed by atoms with Crippen molar-refractivity contribution < 1.29 is 0 Å². The van der Waals surface area contributed by atoms with Crippen molar-refractivity contribution >= 4 is 11.3 Å². The van der Waals surface area contributed by atoms with Gasteiger partial charge in [-0.15, -0.1) is 11.3 Å². The third-order valence-electron chi connectivity index (χ3n) is 3.10. The van der Waals surface area contributed by atoms with E-state index >= 15 is 0 Å². The highest BCUT2D eigenvalue weighted by Crippen LogP contribution is 2.41. The van der Waals surface area contributed by atoms with Crippen LogP contribution in [-0.4, -0.2) is 4.98 Å². The van der Waals surface area contributed by atoms with Crippen molar-refractivity contribution in [2.24, 2.45) is 0 Å². The third kappa shape index (κ3) is 1.25. The van der Waals surface area contributed by atoms with Crippen LogP contribution in [0, 0.1) is 20.8 Å². The molecule has 0 fully saturated rings. The Balaban J connectivity index is 2.27. The average molecular weight is 215 g/mol. The zero-order valence-corrected chi connectivity index (χ0v) is 10.0.